The third-order valence-corrected chi connectivity index (χ3v) is 8.01. The summed E-state index contributed by atoms with van der Waals surface area (Å²) in [6.07, 6.45) is 6.92. The van der Waals surface area contributed by atoms with Gasteiger partial charge in [0.15, 0.2) is 0 Å². The fraction of sp³-hybridized carbons (Fsp3) is 0.826. The van der Waals surface area contributed by atoms with E-state index in [2.05, 4.69) is 41.2 Å². The van der Waals surface area contributed by atoms with Gasteiger partial charge in [-0.3, -0.25) is 9.59 Å². The van der Waals surface area contributed by atoms with Crippen molar-refractivity contribution in [1.82, 2.24) is 0 Å². The van der Waals surface area contributed by atoms with Crippen LogP contribution in [0.2, 0.25) is 0 Å². The van der Waals surface area contributed by atoms with Crippen molar-refractivity contribution in [3.05, 3.63) is 12.7 Å². The van der Waals surface area contributed by atoms with E-state index in [-0.39, 0.29) is 28.5 Å². The molecule has 5 heteroatoms. The van der Waals surface area contributed by atoms with Gasteiger partial charge in [-0.25, -0.2) is 0 Å². The highest BCUT2D eigenvalue weighted by Gasteiger charge is 2.65. The van der Waals surface area contributed by atoms with Gasteiger partial charge >= 0.3 is 11.9 Å². The maximum absolute atomic E-state index is 12.3. The molecule has 0 amide bonds. The summed E-state index contributed by atoms with van der Waals surface area (Å²) in [5.41, 5.74) is -0.782. The minimum absolute atomic E-state index is 0.00851. The van der Waals surface area contributed by atoms with Crippen molar-refractivity contribution >= 4 is 11.9 Å². The first kappa shape index (κ1) is 21.4. The molecule has 1 heterocycles. The summed E-state index contributed by atoms with van der Waals surface area (Å²) in [5, 5.41) is 9.00. The van der Waals surface area contributed by atoms with Gasteiger partial charge < -0.3 is 14.6 Å². The molecule has 1 saturated heterocycles. The number of hydrogen-bond donors (Lipinski definition) is 1. The summed E-state index contributed by atoms with van der Waals surface area (Å²) in [7, 11) is 0. The Bertz CT molecular complexity index is 670. The molecule has 2 saturated carbocycles. The van der Waals surface area contributed by atoms with Crippen LogP contribution in [0, 0.1) is 22.7 Å². The Morgan fingerprint density at radius 1 is 1.18 bits per heavy atom. The van der Waals surface area contributed by atoms with Crippen LogP contribution < -0.4 is 0 Å². The van der Waals surface area contributed by atoms with Gasteiger partial charge in [0.05, 0.1) is 11.2 Å². The van der Waals surface area contributed by atoms with Gasteiger partial charge in [-0.2, -0.15) is 0 Å². The average Bonchev–Trinajstić information content (AvgIpc) is 2.51. The maximum atomic E-state index is 12.3. The average molecular weight is 393 g/mol. The van der Waals surface area contributed by atoms with E-state index in [0.29, 0.717) is 12.3 Å². The minimum atomic E-state index is -1.15. The zero-order valence-electron chi connectivity index (χ0n) is 18.0. The lowest BCUT2D eigenvalue weighted by Gasteiger charge is -2.66. The van der Waals surface area contributed by atoms with Gasteiger partial charge in [-0.05, 0) is 56.3 Å². The van der Waals surface area contributed by atoms with E-state index in [1.807, 2.05) is 6.08 Å². The molecule has 0 aromatic carbocycles. The van der Waals surface area contributed by atoms with Crippen molar-refractivity contribution in [2.24, 2.45) is 22.7 Å². The van der Waals surface area contributed by atoms with E-state index in [1.54, 1.807) is 0 Å². The van der Waals surface area contributed by atoms with Gasteiger partial charge in [0, 0.05) is 12.3 Å². The normalized spacial score (nSPS) is 44.7. The van der Waals surface area contributed by atoms with Crippen LogP contribution in [0.4, 0.5) is 0 Å². The Hall–Kier alpha value is -1.36. The number of rotatable bonds is 4. The number of carboxylic acid groups (broad SMARTS) is 1. The standard InChI is InChI=1S/C23H36O5/c1-7-21(4)12-9-16-22(5)11-8-10-20(2,3)19(22)15(14-23(16,6)28-21)27-18(26)13-17(24)25/h7,15-16,19H,1,8-14H2,2-6H3,(H,24,25)/t15-,16?,19-,21-,22+,23+/m0/s1. The Balaban J connectivity index is 2.00. The second-order valence-corrected chi connectivity index (χ2v) is 10.7. The van der Waals surface area contributed by atoms with Crippen molar-refractivity contribution in [3.8, 4) is 0 Å². The molecule has 158 valence electrons. The van der Waals surface area contributed by atoms with Crippen molar-refractivity contribution in [3.63, 3.8) is 0 Å². The molecule has 0 spiro atoms. The third kappa shape index (κ3) is 3.51. The molecule has 0 aromatic rings. The molecular weight excluding hydrogens is 356 g/mol. The molecule has 0 aromatic heterocycles. The topological polar surface area (TPSA) is 72.8 Å². The van der Waals surface area contributed by atoms with Crippen LogP contribution >= 0.6 is 0 Å². The molecule has 28 heavy (non-hydrogen) atoms. The first-order chi connectivity index (χ1) is 12.9. The summed E-state index contributed by atoms with van der Waals surface area (Å²) < 4.78 is 12.5. The molecule has 3 fully saturated rings. The lowest BCUT2D eigenvalue weighted by molar-refractivity contribution is -0.279. The summed E-state index contributed by atoms with van der Waals surface area (Å²) in [6.45, 7) is 15.1. The van der Waals surface area contributed by atoms with Gasteiger partial charge in [0.25, 0.3) is 0 Å². The number of ether oxygens (including phenoxy) is 2. The molecule has 1 N–H and O–H groups in total. The summed E-state index contributed by atoms with van der Waals surface area (Å²) in [6, 6.07) is 0. The second-order valence-electron chi connectivity index (χ2n) is 10.7. The summed E-state index contributed by atoms with van der Waals surface area (Å²) in [4.78, 5) is 23.3. The molecule has 0 radical (unpaired) electrons. The van der Waals surface area contributed by atoms with Crippen molar-refractivity contribution < 1.29 is 24.2 Å². The molecule has 5 nitrogen and oxygen atoms in total. The summed E-state index contributed by atoms with van der Waals surface area (Å²) >= 11 is 0. The first-order valence-corrected chi connectivity index (χ1v) is 10.6. The highest BCUT2D eigenvalue weighted by Crippen LogP contribution is 2.66. The van der Waals surface area contributed by atoms with Crippen LogP contribution in [-0.2, 0) is 19.1 Å². The molecule has 2 aliphatic carbocycles. The summed E-state index contributed by atoms with van der Waals surface area (Å²) in [5.74, 6) is -1.22. The maximum Gasteiger partial charge on any atom is 0.317 e. The smallest absolute Gasteiger partial charge is 0.317 e. The van der Waals surface area contributed by atoms with Crippen molar-refractivity contribution in [2.75, 3.05) is 0 Å². The number of esters is 1. The lowest BCUT2D eigenvalue weighted by atomic mass is 9.43. The Labute approximate surface area is 168 Å². The monoisotopic (exact) mass is 392 g/mol. The van der Waals surface area contributed by atoms with Crippen LogP contribution in [0.1, 0.15) is 79.6 Å². The van der Waals surface area contributed by atoms with Crippen LogP contribution in [-0.4, -0.2) is 34.4 Å². The van der Waals surface area contributed by atoms with E-state index in [9.17, 15) is 9.59 Å². The van der Waals surface area contributed by atoms with E-state index in [1.165, 1.54) is 0 Å². The Morgan fingerprint density at radius 2 is 1.86 bits per heavy atom. The zero-order chi connectivity index (χ0) is 21.0. The molecule has 3 rings (SSSR count). The number of carbonyl (C=O) groups is 2. The van der Waals surface area contributed by atoms with E-state index >= 15 is 0 Å². The van der Waals surface area contributed by atoms with Crippen LogP contribution in [0.25, 0.3) is 0 Å². The van der Waals surface area contributed by atoms with Gasteiger partial charge in [-0.15, -0.1) is 6.58 Å². The number of carbonyl (C=O) groups excluding carboxylic acids is 1. The molecular formula is C23H36O5. The van der Waals surface area contributed by atoms with E-state index in [0.717, 1.165) is 32.1 Å². The second kappa shape index (κ2) is 6.86. The highest BCUT2D eigenvalue weighted by atomic mass is 16.6. The van der Waals surface area contributed by atoms with E-state index < -0.39 is 24.0 Å². The highest BCUT2D eigenvalue weighted by molar-refractivity contribution is 5.90. The number of carboxylic acids is 1. The quantitative estimate of drug-likeness (QED) is 0.425. The minimum Gasteiger partial charge on any atom is -0.481 e. The van der Waals surface area contributed by atoms with Crippen molar-refractivity contribution in [1.29, 1.82) is 0 Å². The van der Waals surface area contributed by atoms with Crippen LogP contribution in [0.3, 0.4) is 0 Å². The van der Waals surface area contributed by atoms with Crippen LogP contribution in [0.15, 0.2) is 12.7 Å². The van der Waals surface area contributed by atoms with E-state index in [4.69, 9.17) is 14.6 Å². The van der Waals surface area contributed by atoms with Crippen LogP contribution in [0.5, 0.6) is 0 Å². The molecule has 0 bridgehead atoms. The SMILES string of the molecule is C=C[C@@]1(C)CCC2[C@@](C)(C[C@H](OC(=O)CC(=O)O)[C@H]3C(C)(C)CCC[C@]23C)O1. The predicted octanol–water partition coefficient (Wildman–Crippen LogP) is 4.74. The fourth-order valence-corrected chi connectivity index (χ4v) is 7.15. The number of fused-ring (bicyclic) bond motifs is 3. The molecule has 3 aliphatic rings. The lowest BCUT2D eigenvalue weighted by Crippen LogP contribution is -2.67. The number of aliphatic carboxylic acids is 1. The first-order valence-electron chi connectivity index (χ1n) is 10.6. The largest absolute Gasteiger partial charge is 0.481 e. The van der Waals surface area contributed by atoms with Gasteiger partial charge in [0.1, 0.15) is 12.5 Å². The predicted molar refractivity (Wildman–Crippen MR) is 107 cm³/mol. The fourth-order valence-electron chi connectivity index (χ4n) is 7.15. The molecule has 1 unspecified atom stereocenters. The number of hydrogen-bond acceptors (Lipinski definition) is 4. The molecule has 6 atom stereocenters. The van der Waals surface area contributed by atoms with Crippen molar-refractivity contribution in [2.45, 2.75) is 96.9 Å². The van der Waals surface area contributed by atoms with Gasteiger partial charge in [-0.1, -0.05) is 33.3 Å². The zero-order valence-corrected chi connectivity index (χ0v) is 18.0. The Morgan fingerprint density at radius 3 is 2.46 bits per heavy atom. The third-order valence-electron chi connectivity index (χ3n) is 8.01. The molecule has 1 aliphatic heterocycles. The Kier molecular flexibility index (Phi) is 5.23. The van der Waals surface area contributed by atoms with Gasteiger partial charge in [0.2, 0.25) is 0 Å².